The molecule has 1 saturated heterocycles. The lowest BCUT2D eigenvalue weighted by atomic mass is 10.1. The molecule has 1 aromatic carbocycles. The van der Waals surface area contributed by atoms with Gasteiger partial charge >= 0.3 is 0 Å². The molecule has 14 heteroatoms. The zero-order valence-electron chi connectivity index (χ0n) is 19.6. The molecule has 2 aliphatic heterocycles. The SMILES string of the molecule is Cc1nnc(C(=O)N2CC3COc4c(cn(C)c4C(=O)Nc4ccc(F)c(C)c4)S(=O)(=O)NC3C2)s1. The molecule has 2 unspecified atom stereocenters. The molecule has 2 N–H and O–H groups in total. The number of nitrogens with one attached hydrogen (secondary N) is 2. The van der Waals surface area contributed by atoms with Gasteiger partial charge in [-0.3, -0.25) is 9.59 Å². The van der Waals surface area contributed by atoms with Crippen molar-refractivity contribution in [3.05, 3.63) is 51.5 Å². The summed E-state index contributed by atoms with van der Waals surface area (Å²) >= 11 is 1.17. The molecule has 0 spiro atoms. The second-order valence-electron chi connectivity index (χ2n) is 8.84. The van der Waals surface area contributed by atoms with Crippen molar-refractivity contribution in [1.29, 1.82) is 0 Å². The van der Waals surface area contributed by atoms with E-state index in [9.17, 15) is 22.4 Å². The Balaban J connectivity index is 1.41. The number of sulfonamides is 1. The maximum atomic E-state index is 13.6. The maximum Gasteiger partial charge on any atom is 0.284 e. The number of fused-ring (bicyclic) bond motifs is 2. The first-order valence-electron chi connectivity index (χ1n) is 11.0. The molecule has 36 heavy (non-hydrogen) atoms. The number of rotatable bonds is 3. The molecule has 0 saturated carbocycles. The van der Waals surface area contributed by atoms with E-state index in [1.54, 1.807) is 20.9 Å². The molecule has 0 radical (unpaired) electrons. The first-order chi connectivity index (χ1) is 17.0. The van der Waals surface area contributed by atoms with Crippen molar-refractivity contribution in [3.8, 4) is 5.75 Å². The quantitative estimate of drug-likeness (QED) is 0.522. The highest BCUT2D eigenvalue weighted by Gasteiger charge is 2.43. The molecule has 11 nitrogen and oxygen atoms in total. The number of nitrogens with zero attached hydrogens (tertiary/aromatic N) is 4. The minimum absolute atomic E-state index is 0.00562. The van der Waals surface area contributed by atoms with Crippen LogP contribution in [0, 0.1) is 25.6 Å². The Morgan fingerprint density at radius 2 is 2.03 bits per heavy atom. The van der Waals surface area contributed by atoms with Crippen LogP contribution in [0.1, 0.15) is 30.9 Å². The van der Waals surface area contributed by atoms with E-state index in [2.05, 4.69) is 20.2 Å². The number of carbonyl (C=O) groups excluding carboxylic acids is 2. The van der Waals surface area contributed by atoms with Crippen LogP contribution < -0.4 is 14.8 Å². The average molecular weight is 535 g/mol. The van der Waals surface area contributed by atoms with E-state index < -0.39 is 27.8 Å². The Morgan fingerprint density at radius 3 is 2.72 bits per heavy atom. The van der Waals surface area contributed by atoms with Crippen LogP contribution in [0.4, 0.5) is 10.1 Å². The molecule has 2 amide bonds. The van der Waals surface area contributed by atoms with Crippen LogP contribution in [0.15, 0.2) is 29.3 Å². The predicted octanol–water partition coefficient (Wildman–Crippen LogP) is 1.70. The second-order valence-corrected chi connectivity index (χ2v) is 11.7. The Morgan fingerprint density at radius 1 is 1.25 bits per heavy atom. The van der Waals surface area contributed by atoms with Crippen molar-refractivity contribution < 1.29 is 27.1 Å². The molecular weight excluding hydrogens is 511 g/mol. The topological polar surface area (TPSA) is 136 Å². The van der Waals surface area contributed by atoms with Gasteiger partial charge in [-0.2, -0.15) is 0 Å². The molecule has 3 aromatic rings. The van der Waals surface area contributed by atoms with E-state index in [4.69, 9.17) is 4.74 Å². The summed E-state index contributed by atoms with van der Waals surface area (Å²) in [5, 5.41) is 11.3. The fourth-order valence-electron chi connectivity index (χ4n) is 4.39. The van der Waals surface area contributed by atoms with Gasteiger partial charge in [0.15, 0.2) is 11.4 Å². The molecule has 2 aliphatic rings. The number of anilines is 1. The van der Waals surface area contributed by atoms with Crippen LogP contribution in [-0.2, 0) is 17.1 Å². The number of likely N-dealkylation sites (tertiary alicyclic amines) is 1. The van der Waals surface area contributed by atoms with E-state index in [0.29, 0.717) is 16.3 Å². The number of halogens is 1. The summed E-state index contributed by atoms with van der Waals surface area (Å²) in [7, 11) is -2.53. The summed E-state index contributed by atoms with van der Waals surface area (Å²) in [6.45, 7) is 3.81. The monoisotopic (exact) mass is 534 g/mol. The summed E-state index contributed by atoms with van der Waals surface area (Å²) in [5.41, 5.74) is 0.719. The molecule has 0 bridgehead atoms. The van der Waals surface area contributed by atoms with Crippen LogP contribution >= 0.6 is 11.3 Å². The maximum absolute atomic E-state index is 13.6. The first-order valence-corrected chi connectivity index (χ1v) is 13.3. The lowest BCUT2D eigenvalue weighted by molar-refractivity contribution is 0.0781. The third-order valence-electron chi connectivity index (χ3n) is 6.21. The number of carbonyl (C=O) groups is 2. The molecule has 1 fully saturated rings. The highest BCUT2D eigenvalue weighted by Crippen LogP contribution is 2.35. The van der Waals surface area contributed by atoms with E-state index in [1.807, 2.05) is 0 Å². The fourth-order valence-corrected chi connectivity index (χ4v) is 6.54. The number of hydrogen-bond donors (Lipinski definition) is 2. The summed E-state index contributed by atoms with van der Waals surface area (Å²) in [6.07, 6.45) is 1.31. The number of amides is 2. The molecule has 5 rings (SSSR count). The van der Waals surface area contributed by atoms with Gasteiger partial charge in [0.1, 0.15) is 15.7 Å². The van der Waals surface area contributed by atoms with E-state index in [0.717, 1.165) is 0 Å². The van der Waals surface area contributed by atoms with Crippen LogP contribution in [0.5, 0.6) is 5.75 Å². The number of ether oxygens (including phenoxy) is 1. The smallest absolute Gasteiger partial charge is 0.284 e. The molecule has 2 aromatic heterocycles. The Bertz CT molecular complexity index is 1480. The van der Waals surface area contributed by atoms with E-state index in [-0.39, 0.29) is 52.9 Å². The first kappa shape index (κ1) is 24.3. The molecule has 0 aliphatic carbocycles. The summed E-state index contributed by atoms with van der Waals surface area (Å²) < 4.78 is 50.1. The summed E-state index contributed by atoms with van der Waals surface area (Å²) in [5.74, 6) is -1.75. The second kappa shape index (κ2) is 8.94. The summed E-state index contributed by atoms with van der Waals surface area (Å²) in [6, 6.07) is 3.57. The van der Waals surface area contributed by atoms with Crippen molar-refractivity contribution in [3.63, 3.8) is 0 Å². The number of hydrogen-bond acceptors (Lipinski definition) is 8. The molecular formula is C22H23FN6O5S2. The fraction of sp³-hybridized carbons (Fsp3) is 0.364. The lowest BCUT2D eigenvalue weighted by Gasteiger charge is -2.23. The Hall–Kier alpha value is -3.36. The van der Waals surface area contributed by atoms with Gasteiger partial charge in [-0.25, -0.2) is 17.5 Å². The van der Waals surface area contributed by atoms with Gasteiger partial charge in [0.25, 0.3) is 11.8 Å². The van der Waals surface area contributed by atoms with Crippen LogP contribution in [0.2, 0.25) is 0 Å². The highest BCUT2D eigenvalue weighted by atomic mass is 32.2. The highest BCUT2D eigenvalue weighted by molar-refractivity contribution is 7.89. The van der Waals surface area contributed by atoms with Crippen LogP contribution in [0.3, 0.4) is 0 Å². The molecule has 2 atom stereocenters. The van der Waals surface area contributed by atoms with Crippen LogP contribution in [-0.4, -0.2) is 65.6 Å². The normalized spacial score (nSPS) is 20.6. The number of benzene rings is 1. The van der Waals surface area contributed by atoms with E-state index >= 15 is 0 Å². The number of aromatic nitrogens is 3. The van der Waals surface area contributed by atoms with Gasteiger partial charge in [-0.1, -0.05) is 11.3 Å². The zero-order valence-corrected chi connectivity index (χ0v) is 21.2. The molecule has 4 heterocycles. The number of aryl methyl sites for hydroxylation is 3. The van der Waals surface area contributed by atoms with Crippen molar-refractivity contribution in [2.24, 2.45) is 13.0 Å². The van der Waals surface area contributed by atoms with Crippen molar-refractivity contribution in [2.45, 2.75) is 24.8 Å². The standard InChI is InChI=1S/C22H23FN6O5S2/c1-11-6-14(4-5-15(11)23)24-20(30)18-19-17(9-28(18)3)36(32,33)27-16-8-29(7-13(16)10-34-19)22(31)21-26-25-12(2)35-21/h4-6,9,13,16,27H,7-8,10H2,1-3H3,(H,24,30). The Kier molecular flexibility index (Phi) is 6.04. The van der Waals surface area contributed by atoms with Gasteiger partial charge < -0.3 is 19.5 Å². The van der Waals surface area contributed by atoms with Gasteiger partial charge in [0.05, 0.1) is 6.61 Å². The van der Waals surface area contributed by atoms with Crippen LogP contribution in [0.25, 0.3) is 0 Å². The minimum Gasteiger partial charge on any atom is -0.489 e. The van der Waals surface area contributed by atoms with Crippen molar-refractivity contribution in [1.82, 2.24) is 24.4 Å². The van der Waals surface area contributed by atoms with Gasteiger partial charge in [0.2, 0.25) is 15.0 Å². The zero-order chi connectivity index (χ0) is 25.8. The van der Waals surface area contributed by atoms with E-state index in [1.165, 1.54) is 45.2 Å². The third kappa shape index (κ3) is 4.35. The molecule has 190 valence electrons. The Labute approximate surface area is 210 Å². The van der Waals surface area contributed by atoms with Crippen molar-refractivity contribution in [2.75, 3.05) is 25.0 Å². The van der Waals surface area contributed by atoms with Gasteiger partial charge in [-0.05, 0) is 37.6 Å². The lowest BCUT2D eigenvalue weighted by Crippen LogP contribution is -2.43. The predicted molar refractivity (Wildman–Crippen MR) is 128 cm³/mol. The van der Waals surface area contributed by atoms with Crippen molar-refractivity contribution >= 4 is 38.9 Å². The van der Waals surface area contributed by atoms with Gasteiger partial charge in [-0.15, -0.1) is 10.2 Å². The average Bonchev–Trinajstić information content (AvgIpc) is 3.50. The third-order valence-corrected chi connectivity index (χ3v) is 8.52. The minimum atomic E-state index is -4.07. The summed E-state index contributed by atoms with van der Waals surface area (Å²) in [4.78, 5) is 27.3. The van der Waals surface area contributed by atoms with Gasteiger partial charge in [0, 0.05) is 44.0 Å². The largest absolute Gasteiger partial charge is 0.489 e.